The Balaban J connectivity index is 2.07. The number of halogens is 1. The number of unbranched alkanes of at least 4 members (excludes halogenated alkanes) is 2. The smallest absolute Gasteiger partial charge is 0.222 e. The Morgan fingerprint density at radius 3 is 2.57 bits per heavy atom. The SMILES string of the molecule is O=C(CCCCCBr)N1CCOCC1. The summed E-state index contributed by atoms with van der Waals surface area (Å²) in [4.78, 5) is 13.5. The molecule has 4 heteroatoms. The monoisotopic (exact) mass is 263 g/mol. The third-order valence-electron chi connectivity index (χ3n) is 2.39. The molecule has 0 aromatic carbocycles. The van der Waals surface area contributed by atoms with E-state index >= 15 is 0 Å². The van der Waals surface area contributed by atoms with Crippen molar-refractivity contribution in [2.75, 3.05) is 31.6 Å². The highest BCUT2D eigenvalue weighted by Crippen LogP contribution is 2.06. The van der Waals surface area contributed by atoms with E-state index in [2.05, 4.69) is 15.9 Å². The first kappa shape index (κ1) is 12.0. The lowest BCUT2D eigenvalue weighted by atomic mass is 10.2. The second kappa shape index (κ2) is 7.23. The lowest BCUT2D eigenvalue weighted by Gasteiger charge is -2.26. The second-order valence-electron chi connectivity index (χ2n) is 3.49. The average molecular weight is 264 g/mol. The number of nitrogens with zero attached hydrogens (tertiary/aromatic N) is 1. The number of rotatable bonds is 5. The summed E-state index contributed by atoms with van der Waals surface area (Å²) in [5.41, 5.74) is 0. The summed E-state index contributed by atoms with van der Waals surface area (Å²) in [6.07, 6.45) is 4.02. The van der Waals surface area contributed by atoms with Crippen molar-refractivity contribution in [1.29, 1.82) is 0 Å². The van der Waals surface area contributed by atoms with Gasteiger partial charge in [0, 0.05) is 24.8 Å². The van der Waals surface area contributed by atoms with E-state index in [9.17, 15) is 4.79 Å². The van der Waals surface area contributed by atoms with Crippen LogP contribution in [-0.4, -0.2) is 42.4 Å². The van der Waals surface area contributed by atoms with Gasteiger partial charge in [0.1, 0.15) is 0 Å². The molecule has 3 nitrogen and oxygen atoms in total. The van der Waals surface area contributed by atoms with Gasteiger partial charge in [-0.25, -0.2) is 0 Å². The maximum atomic E-state index is 11.6. The van der Waals surface area contributed by atoms with Crippen LogP contribution >= 0.6 is 15.9 Å². The Labute approximate surface area is 93.9 Å². The number of hydrogen-bond acceptors (Lipinski definition) is 2. The molecular formula is C10H18BrNO2. The molecule has 0 aliphatic carbocycles. The minimum Gasteiger partial charge on any atom is -0.378 e. The fourth-order valence-electron chi connectivity index (χ4n) is 1.52. The van der Waals surface area contributed by atoms with Gasteiger partial charge in [-0.3, -0.25) is 4.79 Å². The van der Waals surface area contributed by atoms with Gasteiger partial charge in [0.15, 0.2) is 0 Å². The van der Waals surface area contributed by atoms with E-state index in [1.165, 1.54) is 0 Å². The third-order valence-corrected chi connectivity index (χ3v) is 2.95. The normalized spacial score (nSPS) is 17.1. The number of amides is 1. The van der Waals surface area contributed by atoms with Crippen molar-refractivity contribution in [3.8, 4) is 0 Å². The van der Waals surface area contributed by atoms with E-state index in [1.807, 2.05) is 4.90 Å². The van der Waals surface area contributed by atoms with Crippen molar-refractivity contribution in [3.05, 3.63) is 0 Å². The van der Waals surface area contributed by atoms with Crippen molar-refractivity contribution in [2.45, 2.75) is 25.7 Å². The summed E-state index contributed by atoms with van der Waals surface area (Å²) >= 11 is 3.38. The van der Waals surface area contributed by atoms with E-state index in [4.69, 9.17) is 4.74 Å². The van der Waals surface area contributed by atoms with Crippen molar-refractivity contribution >= 4 is 21.8 Å². The quantitative estimate of drug-likeness (QED) is 0.559. The van der Waals surface area contributed by atoms with Crippen LogP contribution < -0.4 is 0 Å². The standard InChI is InChI=1S/C10H18BrNO2/c11-5-3-1-2-4-10(13)12-6-8-14-9-7-12/h1-9H2. The van der Waals surface area contributed by atoms with Crippen molar-refractivity contribution < 1.29 is 9.53 Å². The van der Waals surface area contributed by atoms with Crippen LogP contribution in [0.1, 0.15) is 25.7 Å². The van der Waals surface area contributed by atoms with Gasteiger partial charge in [-0.1, -0.05) is 22.4 Å². The van der Waals surface area contributed by atoms with Crippen LogP contribution in [0.5, 0.6) is 0 Å². The maximum absolute atomic E-state index is 11.6. The van der Waals surface area contributed by atoms with Crippen LogP contribution in [-0.2, 0) is 9.53 Å². The molecule has 0 atom stereocenters. The molecule has 1 aliphatic heterocycles. The van der Waals surface area contributed by atoms with E-state index in [0.717, 1.165) is 37.7 Å². The van der Waals surface area contributed by atoms with Gasteiger partial charge in [0.05, 0.1) is 13.2 Å². The average Bonchev–Trinajstić information content (AvgIpc) is 2.25. The zero-order chi connectivity index (χ0) is 10.2. The molecule has 1 aliphatic rings. The van der Waals surface area contributed by atoms with Crippen molar-refractivity contribution in [2.24, 2.45) is 0 Å². The largest absolute Gasteiger partial charge is 0.378 e. The summed E-state index contributed by atoms with van der Waals surface area (Å²) < 4.78 is 5.19. The topological polar surface area (TPSA) is 29.5 Å². The first-order chi connectivity index (χ1) is 6.84. The second-order valence-corrected chi connectivity index (χ2v) is 4.29. The number of hydrogen-bond donors (Lipinski definition) is 0. The number of ether oxygens (including phenoxy) is 1. The van der Waals surface area contributed by atoms with Crippen LogP contribution in [0.25, 0.3) is 0 Å². The first-order valence-corrected chi connectivity index (χ1v) is 6.38. The lowest BCUT2D eigenvalue weighted by molar-refractivity contribution is -0.135. The molecule has 0 aromatic heterocycles. The number of alkyl halides is 1. The maximum Gasteiger partial charge on any atom is 0.222 e. The van der Waals surface area contributed by atoms with Crippen LogP contribution in [0.15, 0.2) is 0 Å². The summed E-state index contributed by atoms with van der Waals surface area (Å²) in [6.45, 7) is 2.95. The molecule has 1 heterocycles. The highest BCUT2D eigenvalue weighted by atomic mass is 79.9. The molecule has 0 unspecified atom stereocenters. The molecule has 0 radical (unpaired) electrons. The van der Waals surface area contributed by atoms with Crippen molar-refractivity contribution in [1.82, 2.24) is 4.90 Å². The Kier molecular flexibility index (Phi) is 6.19. The van der Waals surface area contributed by atoms with E-state index in [1.54, 1.807) is 0 Å². The molecule has 0 N–H and O–H groups in total. The molecule has 0 bridgehead atoms. The van der Waals surface area contributed by atoms with E-state index < -0.39 is 0 Å². The van der Waals surface area contributed by atoms with Gasteiger partial charge in [-0.05, 0) is 12.8 Å². The van der Waals surface area contributed by atoms with Crippen LogP contribution in [0.4, 0.5) is 0 Å². The summed E-state index contributed by atoms with van der Waals surface area (Å²) in [7, 11) is 0. The number of carbonyl (C=O) groups is 1. The predicted molar refractivity (Wildman–Crippen MR) is 59.7 cm³/mol. The molecule has 1 rings (SSSR count). The molecule has 1 fully saturated rings. The fourth-order valence-corrected chi connectivity index (χ4v) is 1.91. The van der Waals surface area contributed by atoms with Gasteiger partial charge < -0.3 is 9.64 Å². The molecule has 1 saturated heterocycles. The first-order valence-electron chi connectivity index (χ1n) is 5.26. The van der Waals surface area contributed by atoms with Gasteiger partial charge in [0.25, 0.3) is 0 Å². The molecule has 0 saturated carbocycles. The lowest BCUT2D eigenvalue weighted by Crippen LogP contribution is -2.40. The third kappa shape index (κ3) is 4.42. The summed E-state index contributed by atoms with van der Waals surface area (Å²) in [5.74, 6) is 0.294. The van der Waals surface area contributed by atoms with Crippen LogP contribution in [0, 0.1) is 0 Å². The highest BCUT2D eigenvalue weighted by Gasteiger charge is 2.15. The zero-order valence-corrected chi connectivity index (χ0v) is 10.1. The highest BCUT2D eigenvalue weighted by molar-refractivity contribution is 9.09. The van der Waals surface area contributed by atoms with Gasteiger partial charge in [-0.15, -0.1) is 0 Å². The molecule has 0 aromatic rings. The fraction of sp³-hybridized carbons (Fsp3) is 0.900. The minimum absolute atomic E-state index is 0.294. The molecule has 82 valence electrons. The van der Waals surface area contributed by atoms with Gasteiger partial charge in [-0.2, -0.15) is 0 Å². The Hall–Kier alpha value is -0.0900. The molecule has 1 amide bonds. The van der Waals surface area contributed by atoms with E-state index in [0.29, 0.717) is 25.5 Å². The Bertz CT molecular complexity index is 170. The van der Waals surface area contributed by atoms with E-state index in [-0.39, 0.29) is 0 Å². The van der Waals surface area contributed by atoms with Gasteiger partial charge in [0.2, 0.25) is 5.91 Å². The zero-order valence-electron chi connectivity index (χ0n) is 8.51. The Morgan fingerprint density at radius 2 is 1.93 bits per heavy atom. The summed E-state index contributed by atoms with van der Waals surface area (Å²) in [6, 6.07) is 0. The number of carbonyl (C=O) groups excluding carboxylic acids is 1. The summed E-state index contributed by atoms with van der Waals surface area (Å²) in [5, 5.41) is 1.04. The predicted octanol–water partition coefficient (Wildman–Crippen LogP) is 1.80. The Morgan fingerprint density at radius 1 is 1.21 bits per heavy atom. The van der Waals surface area contributed by atoms with Gasteiger partial charge >= 0.3 is 0 Å². The van der Waals surface area contributed by atoms with Crippen molar-refractivity contribution in [3.63, 3.8) is 0 Å². The van der Waals surface area contributed by atoms with Crippen LogP contribution in [0.2, 0.25) is 0 Å². The number of morpholine rings is 1. The minimum atomic E-state index is 0.294. The molecule has 0 spiro atoms. The molecule has 14 heavy (non-hydrogen) atoms. The molecular weight excluding hydrogens is 246 g/mol. The van der Waals surface area contributed by atoms with Crippen LogP contribution in [0.3, 0.4) is 0 Å².